The maximum atomic E-state index is 12.4. The van der Waals surface area contributed by atoms with Gasteiger partial charge in [0.2, 0.25) is 0 Å². The highest BCUT2D eigenvalue weighted by molar-refractivity contribution is 5.71. The summed E-state index contributed by atoms with van der Waals surface area (Å²) in [4.78, 5) is 36.9. The molecule has 0 aromatic heterocycles. The Balaban J connectivity index is 4.26. The Bertz CT molecular complexity index is 618. The van der Waals surface area contributed by atoms with Gasteiger partial charge in [0.1, 0.15) is 13.2 Å². The maximum absolute atomic E-state index is 12.4. The first-order chi connectivity index (χ1) is 19.9. The molecule has 6 heteroatoms. The Hall–Kier alpha value is -1.59. The van der Waals surface area contributed by atoms with Crippen molar-refractivity contribution < 1.29 is 28.6 Å². The van der Waals surface area contributed by atoms with Crippen LogP contribution in [0.5, 0.6) is 0 Å². The smallest absolute Gasteiger partial charge is 0.306 e. The lowest BCUT2D eigenvalue weighted by molar-refractivity contribution is -0.167. The zero-order chi connectivity index (χ0) is 30.4. The zero-order valence-electron chi connectivity index (χ0n) is 27.5. The minimum Gasteiger partial charge on any atom is -0.462 e. The van der Waals surface area contributed by atoms with Gasteiger partial charge in [0, 0.05) is 19.3 Å². The van der Waals surface area contributed by atoms with Crippen LogP contribution in [0, 0.1) is 5.92 Å². The summed E-state index contributed by atoms with van der Waals surface area (Å²) in [7, 11) is 0. The van der Waals surface area contributed by atoms with Gasteiger partial charge in [0.05, 0.1) is 0 Å². The molecular formula is C35H66O6. The summed E-state index contributed by atoms with van der Waals surface area (Å²) in [5.74, 6) is -0.0962. The third-order valence-electron chi connectivity index (χ3n) is 7.54. The third kappa shape index (κ3) is 29.7. The van der Waals surface area contributed by atoms with Crippen molar-refractivity contribution in [3.63, 3.8) is 0 Å². The predicted molar refractivity (Wildman–Crippen MR) is 169 cm³/mol. The van der Waals surface area contributed by atoms with E-state index in [-0.39, 0.29) is 31.1 Å². The van der Waals surface area contributed by atoms with E-state index in [4.69, 9.17) is 14.2 Å². The Kier molecular flexibility index (Phi) is 28.7. The first kappa shape index (κ1) is 39.4. The summed E-state index contributed by atoms with van der Waals surface area (Å²) >= 11 is 0. The number of ether oxygens (including phenoxy) is 3. The minimum atomic E-state index is -0.754. The van der Waals surface area contributed by atoms with E-state index in [9.17, 15) is 14.4 Å². The fraction of sp³-hybridized carbons (Fsp3) is 0.914. The highest BCUT2D eigenvalue weighted by Gasteiger charge is 2.19. The van der Waals surface area contributed by atoms with Crippen molar-refractivity contribution >= 4 is 17.9 Å². The summed E-state index contributed by atoms with van der Waals surface area (Å²) < 4.78 is 16.4. The van der Waals surface area contributed by atoms with Gasteiger partial charge in [0.15, 0.2) is 6.10 Å². The van der Waals surface area contributed by atoms with E-state index in [1.165, 1.54) is 70.6 Å². The molecule has 0 saturated heterocycles. The zero-order valence-corrected chi connectivity index (χ0v) is 27.5. The van der Waals surface area contributed by atoms with Gasteiger partial charge in [-0.05, 0) is 25.2 Å². The van der Waals surface area contributed by atoms with Crippen LogP contribution in [0.1, 0.15) is 182 Å². The molecule has 0 saturated carbocycles. The van der Waals surface area contributed by atoms with Crippen LogP contribution in [0.3, 0.4) is 0 Å². The van der Waals surface area contributed by atoms with Crippen molar-refractivity contribution in [2.45, 2.75) is 188 Å². The fourth-order valence-electron chi connectivity index (χ4n) is 4.86. The van der Waals surface area contributed by atoms with E-state index in [1.54, 1.807) is 0 Å². The number of carbonyl (C=O) groups is 3. The van der Waals surface area contributed by atoms with Crippen LogP contribution in [0.2, 0.25) is 0 Å². The second-order valence-electron chi connectivity index (χ2n) is 12.3. The molecule has 0 spiro atoms. The van der Waals surface area contributed by atoms with Crippen molar-refractivity contribution in [3.8, 4) is 0 Å². The van der Waals surface area contributed by atoms with Crippen LogP contribution in [-0.2, 0) is 28.6 Å². The van der Waals surface area contributed by atoms with E-state index in [0.29, 0.717) is 19.3 Å². The van der Waals surface area contributed by atoms with Gasteiger partial charge < -0.3 is 14.2 Å². The second-order valence-corrected chi connectivity index (χ2v) is 12.3. The van der Waals surface area contributed by atoms with Gasteiger partial charge >= 0.3 is 17.9 Å². The molecule has 1 atom stereocenters. The van der Waals surface area contributed by atoms with Crippen molar-refractivity contribution in [1.82, 2.24) is 0 Å². The average Bonchev–Trinajstić information content (AvgIpc) is 2.94. The number of hydrogen-bond donors (Lipinski definition) is 0. The molecular weight excluding hydrogens is 516 g/mol. The molecule has 0 aromatic carbocycles. The molecule has 0 rings (SSSR count). The quantitative estimate of drug-likeness (QED) is 0.0476. The molecule has 0 aliphatic rings. The first-order valence-electron chi connectivity index (χ1n) is 17.4. The van der Waals surface area contributed by atoms with E-state index >= 15 is 0 Å². The van der Waals surface area contributed by atoms with Gasteiger partial charge in [0.25, 0.3) is 0 Å². The topological polar surface area (TPSA) is 78.9 Å². The second kappa shape index (κ2) is 29.9. The molecule has 0 radical (unpaired) electrons. The Morgan fingerprint density at radius 1 is 0.463 bits per heavy atom. The van der Waals surface area contributed by atoms with E-state index in [1.807, 2.05) is 0 Å². The lowest BCUT2D eigenvalue weighted by Gasteiger charge is -2.18. The molecule has 0 unspecified atom stereocenters. The summed E-state index contributed by atoms with van der Waals surface area (Å²) in [5.41, 5.74) is 0. The highest BCUT2D eigenvalue weighted by Crippen LogP contribution is 2.14. The molecule has 6 nitrogen and oxygen atoms in total. The average molecular weight is 583 g/mol. The number of hydrogen-bond acceptors (Lipinski definition) is 6. The van der Waals surface area contributed by atoms with Crippen LogP contribution >= 0.6 is 0 Å². The fourth-order valence-corrected chi connectivity index (χ4v) is 4.86. The van der Waals surface area contributed by atoms with Crippen LogP contribution in [-0.4, -0.2) is 37.2 Å². The molecule has 41 heavy (non-hydrogen) atoms. The van der Waals surface area contributed by atoms with Crippen molar-refractivity contribution in [1.29, 1.82) is 0 Å². The molecule has 0 bridgehead atoms. The van der Waals surface area contributed by atoms with Gasteiger partial charge in [-0.1, -0.05) is 143 Å². The van der Waals surface area contributed by atoms with Crippen LogP contribution < -0.4 is 0 Å². The summed E-state index contributed by atoms with van der Waals surface area (Å²) in [5, 5.41) is 0. The Morgan fingerprint density at radius 2 is 0.805 bits per heavy atom. The van der Waals surface area contributed by atoms with Crippen LogP contribution in [0.25, 0.3) is 0 Å². The monoisotopic (exact) mass is 582 g/mol. The lowest BCUT2D eigenvalue weighted by Crippen LogP contribution is -2.30. The van der Waals surface area contributed by atoms with Crippen LogP contribution in [0.15, 0.2) is 0 Å². The summed E-state index contributed by atoms with van der Waals surface area (Å²) in [6, 6.07) is 0. The Morgan fingerprint density at radius 3 is 1.20 bits per heavy atom. The van der Waals surface area contributed by atoms with Gasteiger partial charge in [-0.3, -0.25) is 14.4 Å². The molecule has 0 fully saturated rings. The SMILES string of the molecule is CCCCCCCCCC(=O)OC[C@@H](COC(=O)CCCCCCCCCCC(C)C)OC(=O)CCCCCCC. The van der Waals surface area contributed by atoms with Gasteiger partial charge in [-0.2, -0.15) is 0 Å². The number of unbranched alkanes of at least 4 members (excludes halogenated alkanes) is 17. The largest absolute Gasteiger partial charge is 0.462 e. The first-order valence-corrected chi connectivity index (χ1v) is 17.4. The highest BCUT2D eigenvalue weighted by atomic mass is 16.6. The molecule has 0 aliphatic heterocycles. The summed E-state index contributed by atoms with van der Waals surface area (Å²) in [6.07, 6.45) is 24.2. The maximum Gasteiger partial charge on any atom is 0.306 e. The normalized spacial score (nSPS) is 11.9. The molecule has 0 aromatic rings. The molecule has 0 N–H and O–H groups in total. The van der Waals surface area contributed by atoms with Gasteiger partial charge in [-0.25, -0.2) is 0 Å². The van der Waals surface area contributed by atoms with E-state index in [2.05, 4.69) is 27.7 Å². The van der Waals surface area contributed by atoms with Crippen LogP contribution in [0.4, 0.5) is 0 Å². The van der Waals surface area contributed by atoms with E-state index < -0.39 is 6.10 Å². The van der Waals surface area contributed by atoms with Crippen molar-refractivity contribution in [2.24, 2.45) is 5.92 Å². The minimum absolute atomic E-state index is 0.0680. The predicted octanol–water partition coefficient (Wildman–Crippen LogP) is 10.0. The third-order valence-corrected chi connectivity index (χ3v) is 7.54. The van der Waals surface area contributed by atoms with Crippen molar-refractivity contribution in [2.75, 3.05) is 13.2 Å². The lowest BCUT2D eigenvalue weighted by atomic mass is 10.0. The Labute approximate surface area is 253 Å². The standard InChI is InChI=1S/C35H66O6/c1-5-7-9-11-14-19-22-26-33(36)39-29-32(41-35(38)28-24-17-10-8-6-2)30-40-34(37)27-23-20-16-13-12-15-18-21-25-31(3)4/h31-32H,5-30H2,1-4H3/t32-/m0/s1. The molecule has 242 valence electrons. The number of esters is 3. The molecule has 0 heterocycles. The summed E-state index contributed by atoms with van der Waals surface area (Å²) in [6.45, 7) is 8.78. The van der Waals surface area contributed by atoms with Gasteiger partial charge in [-0.15, -0.1) is 0 Å². The number of rotatable bonds is 30. The molecule has 0 amide bonds. The number of carbonyl (C=O) groups excluding carboxylic acids is 3. The van der Waals surface area contributed by atoms with Crippen molar-refractivity contribution in [3.05, 3.63) is 0 Å². The van der Waals surface area contributed by atoms with E-state index in [0.717, 1.165) is 70.1 Å². The molecule has 0 aliphatic carbocycles.